The van der Waals surface area contributed by atoms with Gasteiger partial charge in [0.15, 0.2) is 0 Å². The minimum atomic E-state index is -0.462. The number of hydrogen-bond donors (Lipinski definition) is 0. The predicted molar refractivity (Wildman–Crippen MR) is 134 cm³/mol. The van der Waals surface area contributed by atoms with E-state index >= 15 is 0 Å². The maximum absolute atomic E-state index is 14.2. The number of carbonyl (C=O) groups is 2. The van der Waals surface area contributed by atoms with Crippen LogP contribution in [-0.4, -0.2) is 45.6 Å². The third-order valence-corrected chi connectivity index (χ3v) is 8.07. The van der Waals surface area contributed by atoms with E-state index in [1.54, 1.807) is 7.11 Å². The van der Waals surface area contributed by atoms with Gasteiger partial charge < -0.3 is 4.84 Å². The molecule has 2 bridgehead atoms. The molecular formula is C29H31N3O3. The molecule has 2 saturated heterocycles. The van der Waals surface area contributed by atoms with Crippen molar-refractivity contribution in [2.75, 3.05) is 7.11 Å². The van der Waals surface area contributed by atoms with E-state index in [2.05, 4.69) is 42.5 Å². The number of hydrazine groups is 1. The highest BCUT2D eigenvalue weighted by Gasteiger charge is 2.55. The number of fused-ring (bicyclic) bond motifs is 5. The maximum atomic E-state index is 14.2. The first-order valence-electron chi connectivity index (χ1n) is 12.4. The standard InChI is InChI=1S/C29H31N3O3/c1-29(2)17-26(33)31(30(29)18-21-12-8-11-19-9-4-6-13-23(19)21)28(34)25-16-22-15-20-10-5-7-14-24(20)27(25)32(22)35-3/h4-14,22,25,27H,15-18H2,1-3H3/t22-,25-,27+/m0/s1. The van der Waals surface area contributed by atoms with Crippen molar-refractivity contribution in [3.8, 4) is 0 Å². The summed E-state index contributed by atoms with van der Waals surface area (Å²) in [4.78, 5) is 33.3. The number of hydrogen-bond acceptors (Lipinski definition) is 5. The Kier molecular flexibility index (Phi) is 5.29. The van der Waals surface area contributed by atoms with Crippen LogP contribution in [-0.2, 0) is 27.4 Å². The van der Waals surface area contributed by atoms with Crippen molar-refractivity contribution in [3.05, 3.63) is 83.4 Å². The molecule has 180 valence electrons. The van der Waals surface area contributed by atoms with Crippen LogP contribution in [0.4, 0.5) is 0 Å². The predicted octanol–water partition coefficient (Wildman–Crippen LogP) is 4.64. The monoisotopic (exact) mass is 469 g/mol. The van der Waals surface area contributed by atoms with E-state index in [4.69, 9.17) is 4.84 Å². The van der Waals surface area contributed by atoms with Gasteiger partial charge in [-0.25, -0.2) is 10.0 Å². The summed E-state index contributed by atoms with van der Waals surface area (Å²) in [5.74, 6) is -0.581. The molecule has 0 spiro atoms. The minimum absolute atomic E-state index is 0.118. The lowest BCUT2D eigenvalue weighted by Gasteiger charge is -2.38. The van der Waals surface area contributed by atoms with E-state index in [0.29, 0.717) is 19.4 Å². The van der Waals surface area contributed by atoms with Crippen molar-refractivity contribution < 1.29 is 14.4 Å². The number of rotatable bonds is 4. The zero-order valence-electron chi connectivity index (χ0n) is 20.5. The van der Waals surface area contributed by atoms with E-state index in [1.807, 2.05) is 48.2 Å². The van der Waals surface area contributed by atoms with Gasteiger partial charge in [-0.3, -0.25) is 9.59 Å². The van der Waals surface area contributed by atoms with Gasteiger partial charge in [-0.2, -0.15) is 5.06 Å². The van der Waals surface area contributed by atoms with E-state index in [1.165, 1.54) is 10.6 Å². The van der Waals surface area contributed by atoms with Crippen molar-refractivity contribution >= 4 is 22.6 Å². The zero-order chi connectivity index (χ0) is 24.3. The molecule has 3 aromatic carbocycles. The molecule has 2 fully saturated rings. The Bertz CT molecular complexity index is 1310. The fourth-order valence-electron chi connectivity index (χ4n) is 6.44. The molecule has 3 aliphatic rings. The Labute approximate surface area is 206 Å². The van der Waals surface area contributed by atoms with Crippen molar-refractivity contribution in [1.29, 1.82) is 0 Å². The van der Waals surface area contributed by atoms with Gasteiger partial charge in [0.05, 0.1) is 19.1 Å². The van der Waals surface area contributed by atoms with Crippen LogP contribution < -0.4 is 0 Å². The molecule has 35 heavy (non-hydrogen) atoms. The highest BCUT2D eigenvalue weighted by molar-refractivity contribution is 5.98. The number of carbonyl (C=O) groups excluding carboxylic acids is 2. The number of nitrogens with zero attached hydrogens (tertiary/aromatic N) is 3. The SMILES string of the molecule is CON1[C@H]2Cc3ccccc3[C@@H]1[C@@H](C(=O)N1C(=O)CC(C)(C)N1Cc1cccc3ccccc13)C2. The molecule has 6 heteroatoms. The van der Waals surface area contributed by atoms with Gasteiger partial charge in [-0.1, -0.05) is 66.7 Å². The third-order valence-electron chi connectivity index (χ3n) is 8.07. The Morgan fingerprint density at radius 3 is 2.60 bits per heavy atom. The second-order valence-corrected chi connectivity index (χ2v) is 10.6. The van der Waals surface area contributed by atoms with Gasteiger partial charge in [-0.15, -0.1) is 0 Å². The van der Waals surface area contributed by atoms with E-state index in [0.717, 1.165) is 28.3 Å². The molecule has 0 aromatic heterocycles. The van der Waals surface area contributed by atoms with Crippen LogP contribution in [0, 0.1) is 5.92 Å². The minimum Gasteiger partial charge on any atom is -0.301 e. The lowest BCUT2D eigenvalue weighted by molar-refractivity contribution is -0.184. The van der Waals surface area contributed by atoms with Crippen LogP contribution in [0.3, 0.4) is 0 Å². The van der Waals surface area contributed by atoms with E-state index < -0.39 is 5.54 Å². The molecule has 2 amide bonds. The average molecular weight is 470 g/mol. The smallest absolute Gasteiger partial charge is 0.249 e. The molecule has 3 atom stereocenters. The lowest BCUT2D eigenvalue weighted by Crippen LogP contribution is -2.51. The first-order chi connectivity index (χ1) is 16.9. The molecule has 6 rings (SSSR count). The topological polar surface area (TPSA) is 53.1 Å². The van der Waals surface area contributed by atoms with E-state index in [-0.39, 0.29) is 29.8 Å². The van der Waals surface area contributed by atoms with Crippen LogP contribution in [0.2, 0.25) is 0 Å². The Hall–Kier alpha value is -3.06. The summed E-state index contributed by atoms with van der Waals surface area (Å²) in [5, 5.41) is 7.73. The van der Waals surface area contributed by atoms with Crippen molar-refractivity contribution in [1.82, 2.24) is 15.1 Å². The molecule has 0 aliphatic carbocycles. The Morgan fingerprint density at radius 1 is 1.03 bits per heavy atom. The van der Waals surface area contributed by atoms with Gasteiger partial charge in [0, 0.05) is 24.5 Å². The molecule has 0 unspecified atom stereocenters. The van der Waals surface area contributed by atoms with Crippen LogP contribution in [0.1, 0.15) is 49.4 Å². The number of amides is 2. The normalized spacial score (nSPS) is 25.9. The maximum Gasteiger partial charge on any atom is 0.249 e. The zero-order valence-corrected chi connectivity index (χ0v) is 20.5. The van der Waals surface area contributed by atoms with Gasteiger partial charge in [-0.05, 0) is 54.2 Å². The molecule has 3 heterocycles. The summed E-state index contributed by atoms with van der Waals surface area (Å²) >= 11 is 0. The molecule has 3 aromatic rings. The van der Waals surface area contributed by atoms with Crippen LogP contribution in [0.5, 0.6) is 0 Å². The highest BCUT2D eigenvalue weighted by Crippen LogP contribution is 2.49. The summed E-state index contributed by atoms with van der Waals surface area (Å²) in [6.07, 6.45) is 1.84. The lowest BCUT2D eigenvalue weighted by atomic mass is 9.91. The average Bonchev–Trinajstić information content (AvgIpc) is 3.25. The number of imide groups is 1. The highest BCUT2D eigenvalue weighted by atomic mass is 16.7. The third kappa shape index (κ3) is 3.51. The fourth-order valence-corrected chi connectivity index (χ4v) is 6.44. The van der Waals surface area contributed by atoms with E-state index in [9.17, 15) is 9.59 Å². The first-order valence-corrected chi connectivity index (χ1v) is 12.4. The summed E-state index contributed by atoms with van der Waals surface area (Å²) in [6, 6.07) is 22.8. The van der Waals surface area contributed by atoms with Crippen LogP contribution in [0.15, 0.2) is 66.7 Å². The van der Waals surface area contributed by atoms with Gasteiger partial charge >= 0.3 is 0 Å². The molecular weight excluding hydrogens is 438 g/mol. The quantitative estimate of drug-likeness (QED) is 0.521. The second kappa shape index (κ2) is 8.26. The Balaban J connectivity index is 1.37. The number of hydroxylamine groups is 2. The van der Waals surface area contributed by atoms with Gasteiger partial charge in [0.25, 0.3) is 0 Å². The van der Waals surface area contributed by atoms with Crippen molar-refractivity contribution in [3.63, 3.8) is 0 Å². The van der Waals surface area contributed by atoms with Gasteiger partial charge in [0.1, 0.15) is 0 Å². The summed E-state index contributed by atoms with van der Waals surface area (Å²) < 4.78 is 0. The van der Waals surface area contributed by atoms with Crippen LogP contribution >= 0.6 is 0 Å². The molecule has 6 nitrogen and oxygen atoms in total. The molecule has 3 aliphatic heterocycles. The van der Waals surface area contributed by atoms with Crippen molar-refractivity contribution in [2.45, 2.75) is 57.3 Å². The summed E-state index contributed by atoms with van der Waals surface area (Å²) in [5.41, 5.74) is 3.05. The molecule has 0 radical (unpaired) electrons. The molecule has 0 saturated carbocycles. The Morgan fingerprint density at radius 2 is 1.77 bits per heavy atom. The van der Waals surface area contributed by atoms with Gasteiger partial charge in [0.2, 0.25) is 11.8 Å². The molecule has 0 N–H and O–H groups in total. The summed E-state index contributed by atoms with van der Waals surface area (Å²) in [6.45, 7) is 4.59. The first kappa shape index (κ1) is 22.4. The van der Waals surface area contributed by atoms with Crippen LogP contribution in [0.25, 0.3) is 10.8 Å². The fraction of sp³-hybridized carbons (Fsp3) is 0.379. The second-order valence-electron chi connectivity index (χ2n) is 10.6. The van der Waals surface area contributed by atoms with Crippen molar-refractivity contribution in [2.24, 2.45) is 5.92 Å². The largest absolute Gasteiger partial charge is 0.301 e. The number of benzene rings is 3. The summed E-state index contributed by atoms with van der Waals surface area (Å²) in [7, 11) is 1.68.